The molecule has 2 N–H and O–H groups in total. The number of anilines is 1. The molecular weight excluding hydrogens is 242 g/mol. The molecule has 1 aromatic heterocycles. The van der Waals surface area contributed by atoms with Crippen LogP contribution in [0.1, 0.15) is 11.5 Å². The minimum absolute atomic E-state index is 0.165. The van der Waals surface area contributed by atoms with Crippen LogP contribution in [0.15, 0.2) is 52.0 Å². The minimum atomic E-state index is -0.219. The van der Waals surface area contributed by atoms with Crippen LogP contribution in [0.25, 0.3) is 0 Å². The van der Waals surface area contributed by atoms with Gasteiger partial charge in [-0.2, -0.15) is 5.10 Å². The van der Waals surface area contributed by atoms with Gasteiger partial charge in [-0.05, 0) is 31.2 Å². The SMILES string of the molecule is Cc1ccc(/C=N\NC(=O)CNc2ccccc2)o1. The highest BCUT2D eigenvalue weighted by atomic mass is 16.3. The Balaban J connectivity index is 1.74. The lowest BCUT2D eigenvalue weighted by Gasteiger charge is -2.04. The Kier molecular flexibility index (Phi) is 4.34. The van der Waals surface area contributed by atoms with Crippen LogP contribution in [0.5, 0.6) is 0 Å². The van der Waals surface area contributed by atoms with E-state index in [2.05, 4.69) is 15.8 Å². The zero-order valence-electron chi connectivity index (χ0n) is 10.6. The molecule has 5 nitrogen and oxygen atoms in total. The van der Waals surface area contributed by atoms with Gasteiger partial charge in [0.2, 0.25) is 0 Å². The average molecular weight is 257 g/mol. The highest BCUT2D eigenvalue weighted by molar-refractivity contribution is 5.83. The summed E-state index contributed by atoms with van der Waals surface area (Å²) in [5.74, 6) is 1.19. The number of nitrogens with zero attached hydrogens (tertiary/aromatic N) is 1. The minimum Gasteiger partial charge on any atom is -0.460 e. The molecule has 0 saturated heterocycles. The smallest absolute Gasteiger partial charge is 0.259 e. The number of hydrogen-bond acceptors (Lipinski definition) is 4. The van der Waals surface area contributed by atoms with Gasteiger partial charge in [-0.15, -0.1) is 0 Å². The molecule has 0 atom stereocenters. The van der Waals surface area contributed by atoms with Crippen molar-refractivity contribution < 1.29 is 9.21 Å². The number of hydrazone groups is 1. The molecule has 19 heavy (non-hydrogen) atoms. The molecule has 2 aromatic rings. The molecule has 1 amide bonds. The predicted octanol–water partition coefficient (Wildman–Crippen LogP) is 2.15. The molecule has 0 aliphatic carbocycles. The summed E-state index contributed by atoms with van der Waals surface area (Å²) in [6, 6.07) is 13.1. The molecule has 1 heterocycles. The second kappa shape index (κ2) is 6.39. The number of benzene rings is 1. The van der Waals surface area contributed by atoms with Gasteiger partial charge in [0.05, 0.1) is 12.8 Å². The number of amides is 1. The molecule has 0 aliphatic heterocycles. The Morgan fingerprint density at radius 3 is 2.74 bits per heavy atom. The quantitative estimate of drug-likeness (QED) is 0.637. The summed E-state index contributed by atoms with van der Waals surface area (Å²) in [5.41, 5.74) is 3.31. The lowest BCUT2D eigenvalue weighted by molar-refractivity contribution is -0.119. The normalized spacial score (nSPS) is 10.6. The van der Waals surface area contributed by atoms with E-state index in [0.29, 0.717) is 5.76 Å². The van der Waals surface area contributed by atoms with Crippen LogP contribution in [-0.2, 0) is 4.79 Å². The number of rotatable bonds is 5. The summed E-state index contributed by atoms with van der Waals surface area (Å²) in [6.07, 6.45) is 1.47. The van der Waals surface area contributed by atoms with Crippen LogP contribution in [0.3, 0.4) is 0 Å². The van der Waals surface area contributed by atoms with Crippen molar-refractivity contribution in [2.45, 2.75) is 6.92 Å². The third-order valence-corrected chi connectivity index (χ3v) is 2.37. The van der Waals surface area contributed by atoms with Gasteiger partial charge >= 0.3 is 0 Å². The number of aryl methyl sites for hydroxylation is 1. The van der Waals surface area contributed by atoms with E-state index in [1.165, 1.54) is 6.21 Å². The number of carbonyl (C=O) groups is 1. The maximum absolute atomic E-state index is 11.5. The van der Waals surface area contributed by atoms with Crippen LogP contribution in [0.2, 0.25) is 0 Å². The largest absolute Gasteiger partial charge is 0.460 e. The van der Waals surface area contributed by atoms with E-state index in [-0.39, 0.29) is 12.5 Å². The maximum atomic E-state index is 11.5. The lowest BCUT2D eigenvalue weighted by Crippen LogP contribution is -2.25. The van der Waals surface area contributed by atoms with Gasteiger partial charge < -0.3 is 9.73 Å². The van der Waals surface area contributed by atoms with E-state index < -0.39 is 0 Å². The molecule has 1 aromatic carbocycles. The summed E-state index contributed by atoms with van der Waals surface area (Å²) in [4.78, 5) is 11.5. The van der Waals surface area contributed by atoms with Crippen LogP contribution in [0.4, 0.5) is 5.69 Å². The average Bonchev–Trinajstić information content (AvgIpc) is 2.83. The fourth-order valence-electron chi connectivity index (χ4n) is 1.47. The Hall–Kier alpha value is -2.56. The summed E-state index contributed by atoms with van der Waals surface area (Å²) >= 11 is 0. The van der Waals surface area contributed by atoms with Crippen molar-refractivity contribution in [3.05, 3.63) is 54.0 Å². The first-order valence-corrected chi connectivity index (χ1v) is 5.91. The van der Waals surface area contributed by atoms with Gasteiger partial charge in [0.1, 0.15) is 11.5 Å². The van der Waals surface area contributed by atoms with Crippen molar-refractivity contribution in [1.82, 2.24) is 5.43 Å². The summed E-state index contributed by atoms with van der Waals surface area (Å²) in [5, 5.41) is 6.80. The Bertz CT molecular complexity index is 561. The summed E-state index contributed by atoms with van der Waals surface area (Å²) in [6.45, 7) is 2.01. The van der Waals surface area contributed by atoms with E-state index in [9.17, 15) is 4.79 Å². The monoisotopic (exact) mass is 257 g/mol. The molecule has 0 fully saturated rings. The van der Waals surface area contributed by atoms with E-state index in [1.807, 2.05) is 43.3 Å². The van der Waals surface area contributed by atoms with E-state index >= 15 is 0 Å². The maximum Gasteiger partial charge on any atom is 0.259 e. The molecule has 98 valence electrons. The third-order valence-electron chi connectivity index (χ3n) is 2.37. The van der Waals surface area contributed by atoms with Gasteiger partial charge in [-0.1, -0.05) is 18.2 Å². The molecule has 5 heteroatoms. The fourth-order valence-corrected chi connectivity index (χ4v) is 1.47. The molecular formula is C14H15N3O2. The number of hydrogen-bond donors (Lipinski definition) is 2. The summed E-state index contributed by atoms with van der Waals surface area (Å²) in [7, 11) is 0. The van der Waals surface area contributed by atoms with Gasteiger partial charge in [0, 0.05) is 5.69 Å². The highest BCUT2D eigenvalue weighted by Crippen LogP contribution is 2.04. The number of para-hydroxylation sites is 1. The van der Waals surface area contributed by atoms with Gasteiger partial charge in [-0.3, -0.25) is 4.79 Å². The number of furan rings is 1. The lowest BCUT2D eigenvalue weighted by atomic mass is 10.3. The van der Waals surface area contributed by atoms with Gasteiger partial charge in [-0.25, -0.2) is 5.43 Å². The first-order chi connectivity index (χ1) is 9.24. The van der Waals surface area contributed by atoms with Crippen LogP contribution >= 0.6 is 0 Å². The van der Waals surface area contributed by atoms with Crippen LogP contribution in [0, 0.1) is 6.92 Å². The zero-order valence-corrected chi connectivity index (χ0v) is 10.6. The molecule has 0 radical (unpaired) electrons. The Morgan fingerprint density at radius 1 is 1.26 bits per heavy atom. The Labute approximate surface area is 111 Å². The third kappa shape index (κ3) is 4.31. The van der Waals surface area contributed by atoms with E-state index in [0.717, 1.165) is 11.4 Å². The second-order valence-corrected chi connectivity index (χ2v) is 3.96. The molecule has 0 bridgehead atoms. The standard InChI is InChI=1S/C14H15N3O2/c1-11-7-8-13(19-11)9-16-17-14(18)10-15-12-5-3-2-4-6-12/h2-9,15H,10H2,1H3,(H,17,18)/b16-9-. The fraction of sp³-hybridized carbons (Fsp3) is 0.143. The first kappa shape index (κ1) is 12.9. The zero-order chi connectivity index (χ0) is 13.5. The number of carbonyl (C=O) groups excluding carboxylic acids is 1. The topological polar surface area (TPSA) is 66.6 Å². The van der Waals surface area contributed by atoms with Crippen LogP contribution in [-0.4, -0.2) is 18.7 Å². The molecule has 0 aliphatic rings. The summed E-state index contributed by atoms with van der Waals surface area (Å²) < 4.78 is 5.28. The highest BCUT2D eigenvalue weighted by Gasteiger charge is 1.99. The van der Waals surface area contributed by atoms with Crippen molar-refractivity contribution >= 4 is 17.8 Å². The molecule has 0 spiro atoms. The second-order valence-electron chi connectivity index (χ2n) is 3.96. The molecule has 0 unspecified atom stereocenters. The van der Waals surface area contributed by atoms with E-state index in [4.69, 9.17) is 4.42 Å². The van der Waals surface area contributed by atoms with Crippen molar-refractivity contribution in [2.24, 2.45) is 5.10 Å². The molecule has 0 saturated carbocycles. The van der Waals surface area contributed by atoms with Crippen molar-refractivity contribution in [3.8, 4) is 0 Å². The van der Waals surface area contributed by atoms with Gasteiger partial charge in [0.15, 0.2) is 0 Å². The predicted molar refractivity (Wildman–Crippen MR) is 74.1 cm³/mol. The number of nitrogens with one attached hydrogen (secondary N) is 2. The molecule has 2 rings (SSSR count). The Morgan fingerprint density at radius 2 is 2.05 bits per heavy atom. The van der Waals surface area contributed by atoms with Gasteiger partial charge in [0.25, 0.3) is 5.91 Å². The van der Waals surface area contributed by atoms with Crippen molar-refractivity contribution in [1.29, 1.82) is 0 Å². The first-order valence-electron chi connectivity index (χ1n) is 5.91. The van der Waals surface area contributed by atoms with E-state index in [1.54, 1.807) is 6.07 Å². The van der Waals surface area contributed by atoms with Crippen molar-refractivity contribution in [3.63, 3.8) is 0 Å². The van der Waals surface area contributed by atoms with Crippen LogP contribution < -0.4 is 10.7 Å². The van der Waals surface area contributed by atoms with Crippen molar-refractivity contribution in [2.75, 3.05) is 11.9 Å².